The Morgan fingerprint density at radius 1 is 1.06 bits per heavy atom. The maximum Gasteiger partial charge on any atom is 0.293 e. The van der Waals surface area contributed by atoms with E-state index in [1.807, 2.05) is 0 Å². The molecule has 0 radical (unpaired) electrons. The molecule has 1 saturated heterocycles. The molecule has 6 atom stereocenters. The van der Waals surface area contributed by atoms with Crippen LogP contribution in [0.4, 0.5) is 5.69 Å². The molecule has 6 unspecified atom stereocenters. The summed E-state index contributed by atoms with van der Waals surface area (Å²) < 4.78 is 23.4. The van der Waals surface area contributed by atoms with Crippen LogP contribution >= 0.6 is 0 Å². The smallest absolute Gasteiger partial charge is 0.293 e. The molecule has 8 heteroatoms. The normalized spacial score (nSPS) is 44.8. The summed E-state index contributed by atoms with van der Waals surface area (Å²) in [5, 5.41) is 10.2. The Morgan fingerprint density at radius 2 is 1.74 bits per heavy atom. The average Bonchev–Trinajstić information content (AvgIpc) is 3.41. The first kappa shape index (κ1) is 22.3. The van der Waals surface area contributed by atoms with Crippen molar-refractivity contribution in [2.45, 2.75) is 75.3 Å². The summed E-state index contributed by atoms with van der Waals surface area (Å²) in [6.45, 7) is 1.37. The molecule has 0 amide bonds. The molecule has 1 aromatic rings. The zero-order chi connectivity index (χ0) is 23.6. The minimum atomic E-state index is -0.471. The van der Waals surface area contributed by atoms with Crippen LogP contribution in [0.3, 0.4) is 0 Å². The highest BCUT2D eigenvalue weighted by atomic mass is 16.8. The van der Waals surface area contributed by atoms with Crippen LogP contribution in [0, 0.1) is 39.2 Å². The van der Waals surface area contributed by atoms with E-state index in [2.05, 4.69) is 0 Å². The summed E-state index contributed by atoms with van der Waals surface area (Å²) in [4.78, 5) is 20.4. The van der Waals surface area contributed by atoms with Gasteiger partial charge in [-0.05, 0) is 86.2 Å². The molecule has 5 saturated carbocycles. The Hall–Kier alpha value is -2.19. The Morgan fingerprint density at radius 3 is 2.35 bits per heavy atom. The number of nitrogens with zero attached hydrogens (tertiary/aromatic N) is 1. The molecule has 1 heterocycles. The molecular formula is C26H33NO7. The van der Waals surface area contributed by atoms with Gasteiger partial charge in [-0.25, -0.2) is 0 Å². The Kier molecular flexibility index (Phi) is 5.19. The fourth-order valence-corrected chi connectivity index (χ4v) is 8.57. The number of nitro groups is 1. The van der Waals surface area contributed by atoms with Gasteiger partial charge in [-0.2, -0.15) is 0 Å². The van der Waals surface area contributed by atoms with Crippen LogP contribution < -0.4 is 4.74 Å². The van der Waals surface area contributed by atoms with E-state index in [4.69, 9.17) is 18.9 Å². The average molecular weight is 472 g/mol. The second-order valence-electron chi connectivity index (χ2n) is 11.3. The van der Waals surface area contributed by atoms with Gasteiger partial charge in [0, 0.05) is 25.0 Å². The summed E-state index contributed by atoms with van der Waals surface area (Å²) in [7, 11) is 1.52. The molecular weight excluding hydrogens is 438 g/mol. The molecule has 8 nitrogen and oxygen atoms in total. The number of carbonyl (C=O) groups is 1. The third kappa shape index (κ3) is 3.21. The van der Waals surface area contributed by atoms with Crippen molar-refractivity contribution < 1.29 is 28.7 Å². The van der Waals surface area contributed by atoms with Gasteiger partial charge in [-0.15, -0.1) is 0 Å². The van der Waals surface area contributed by atoms with Gasteiger partial charge in [0.25, 0.3) is 12.2 Å². The van der Waals surface area contributed by atoms with Gasteiger partial charge in [-0.1, -0.05) is 0 Å². The molecule has 3 spiro atoms. The molecule has 34 heavy (non-hydrogen) atoms. The van der Waals surface area contributed by atoms with Crippen molar-refractivity contribution in [2.24, 2.45) is 29.1 Å². The minimum absolute atomic E-state index is 0.0174. The number of methoxy groups -OCH3 is 1. The predicted molar refractivity (Wildman–Crippen MR) is 121 cm³/mol. The lowest BCUT2D eigenvalue weighted by Gasteiger charge is -2.50. The molecule has 7 rings (SSSR count). The van der Waals surface area contributed by atoms with Gasteiger partial charge in [0.2, 0.25) is 0 Å². The molecule has 184 valence electrons. The van der Waals surface area contributed by atoms with Crippen LogP contribution in [0.2, 0.25) is 0 Å². The van der Waals surface area contributed by atoms with E-state index in [1.165, 1.54) is 51.3 Å². The standard InChI is InChI=1S/C19H26O4.C7H7NO3/c20-11-21-16-2-1-3-18(9-16)22-10-19(23-18)14-5-12-4-13-6-15(19)8-17(12,13)7-14;1-11-7-4-2-6(3-5-7)8(9)10/h11-16H,1-10H2;2-5H,1H3. The summed E-state index contributed by atoms with van der Waals surface area (Å²) >= 11 is 0. The zero-order valence-corrected chi connectivity index (χ0v) is 19.6. The lowest BCUT2D eigenvalue weighted by molar-refractivity contribution is -0.384. The molecule has 6 fully saturated rings. The quantitative estimate of drug-likeness (QED) is 0.358. The van der Waals surface area contributed by atoms with Crippen molar-refractivity contribution in [3.63, 3.8) is 0 Å². The Labute approximate surface area is 199 Å². The second-order valence-corrected chi connectivity index (χ2v) is 11.3. The summed E-state index contributed by atoms with van der Waals surface area (Å²) in [5.41, 5.74) is 0.775. The largest absolute Gasteiger partial charge is 0.497 e. The van der Waals surface area contributed by atoms with Crippen molar-refractivity contribution >= 4 is 12.2 Å². The van der Waals surface area contributed by atoms with E-state index < -0.39 is 10.7 Å². The third-order valence-electron chi connectivity index (χ3n) is 10.1. The van der Waals surface area contributed by atoms with E-state index in [0.717, 1.165) is 49.5 Å². The number of ether oxygens (including phenoxy) is 4. The van der Waals surface area contributed by atoms with Crippen LogP contribution in [-0.4, -0.2) is 42.6 Å². The summed E-state index contributed by atoms with van der Waals surface area (Å²) in [6.07, 6.45) is 10.7. The van der Waals surface area contributed by atoms with Crippen molar-refractivity contribution in [3.05, 3.63) is 34.4 Å². The highest BCUT2D eigenvalue weighted by Gasteiger charge is 2.75. The van der Waals surface area contributed by atoms with Crippen molar-refractivity contribution in [1.29, 1.82) is 0 Å². The van der Waals surface area contributed by atoms with Gasteiger partial charge in [0.15, 0.2) is 5.79 Å². The van der Waals surface area contributed by atoms with E-state index in [9.17, 15) is 14.9 Å². The lowest BCUT2D eigenvalue weighted by Crippen LogP contribution is -2.51. The van der Waals surface area contributed by atoms with Crippen LogP contribution in [0.25, 0.3) is 0 Å². The highest BCUT2D eigenvalue weighted by Crippen LogP contribution is 2.78. The maximum atomic E-state index is 10.7. The number of rotatable bonds is 4. The fourth-order valence-electron chi connectivity index (χ4n) is 8.57. The van der Waals surface area contributed by atoms with E-state index in [-0.39, 0.29) is 17.4 Å². The first-order chi connectivity index (χ1) is 16.4. The van der Waals surface area contributed by atoms with E-state index in [0.29, 0.717) is 24.1 Å². The number of fused-ring (bicyclic) bond motifs is 4. The zero-order valence-electron chi connectivity index (χ0n) is 19.6. The maximum absolute atomic E-state index is 10.7. The third-order valence-corrected chi connectivity index (χ3v) is 10.1. The van der Waals surface area contributed by atoms with E-state index >= 15 is 0 Å². The summed E-state index contributed by atoms with van der Waals surface area (Å²) in [5.74, 6) is 3.55. The van der Waals surface area contributed by atoms with Crippen molar-refractivity contribution in [2.75, 3.05) is 13.7 Å². The molecule has 5 aliphatic carbocycles. The molecule has 1 aromatic carbocycles. The van der Waals surface area contributed by atoms with Crippen molar-refractivity contribution in [1.82, 2.24) is 0 Å². The second kappa shape index (κ2) is 7.92. The lowest BCUT2D eigenvalue weighted by atomic mass is 9.55. The SMILES string of the molecule is COc1ccc([N+](=O)[O-])cc1.O=COC1CCCC2(C1)OCC1(O2)C2CC3CC4CC1CC34C2. The van der Waals surface area contributed by atoms with Gasteiger partial charge in [-0.3, -0.25) is 14.9 Å². The summed E-state index contributed by atoms with van der Waals surface area (Å²) in [6, 6.07) is 5.91. The first-order valence-electron chi connectivity index (χ1n) is 12.6. The van der Waals surface area contributed by atoms with Gasteiger partial charge >= 0.3 is 0 Å². The van der Waals surface area contributed by atoms with Gasteiger partial charge < -0.3 is 18.9 Å². The Balaban J connectivity index is 0.000000168. The minimum Gasteiger partial charge on any atom is -0.497 e. The number of benzene rings is 1. The van der Waals surface area contributed by atoms with Gasteiger partial charge in [0.1, 0.15) is 17.5 Å². The molecule has 3 bridgehead atoms. The van der Waals surface area contributed by atoms with Crippen molar-refractivity contribution in [3.8, 4) is 5.75 Å². The van der Waals surface area contributed by atoms with Gasteiger partial charge in [0.05, 0.1) is 18.6 Å². The Bertz CT molecular complexity index is 940. The molecule has 6 aliphatic rings. The molecule has 0 aromatic heterocycles. The van der Waals surface area contributed by atoms with Crippen LogP contribution in [-0.2, 0) is 19.0 Å². The first-order valence-corrected chi connectivity index (χ1v) is 12.6. The number of nitro benzene ring substituents is 1. The molecule has 0 N–H and O–H groups in total. The number of hydrogen-bond donors (Lipinski definition) is 0. The molecule has 1 aliphatic heterocycles. The fraction of sp³-hybridized carbons (Fsp3) is 0.731. The number of hydrogen-bond acceptors (Lipinski definition) is 7. The monoisotopic (exact) mass is 471 g/mol. The van der Waals surface area contributed by atoms with Crippen LogP contribution in [0.1, 0.15) is 57.8 Å². The van der Waals surface area contributed by atoms with Crippen LogP contribution in [0.5, 0.6) is 5.75 Å². The predicted octanol–water partition coefficient (Wildman–Crippen LogP) is 4.64. The van der Waals surface area contributed by atoms with Crippen LogP contribution in [0.15, 0.2) is 24.3 Å². The topological polar surface area (TPSA) is 97.1 Å². The number of non-ortho nitro benzene ring substituents is 1. The van der Waals surface area contributed by atoms with E-state index in [1.54, 1.807) is 12.1 Å². The number of carbonyl (C=O) groups excluding carboxylic acids is 1. The highest BCUT2D eigenvalue weighted by molar-refractivity contribution is 5.37.